The van der Waals surface area contributed by atoms with Crippen LogP contribution < -0.4 is 5.32 Å². The molecular weight excluding hydrogens is 322 g/mol. The molecule has 0 radical (unpaired) electrons. The quantitative estimate of drug-likeness (QED) is 0.888. The third-order valence-corrected chi connectivity index (χ3v) is 3.33. The predicted molar refractivity (Wildman–Crippen MR) is 70.1 cm³/mol. The first-order valence-electron chi connectivity index (χ1n) is 4.86. The summed E-state index contributed by atoms with van der Waals surface area (Å²) in [5.74, 6) is 0. The maximum absolute atomic E-state index is 5.21. The van der Waals surface area contributed by atoms with Gasteiger partial charge in [-0.1, -0.05) is 38.8 Å². The van der Waals surface area contributed by atoms with E-state index in [-0.39, 0.29) is 6.04 Å². The highest BCUT2D eigenvalue weighted by atomic mass is 79.9. The molecular formula is C11H15Br2NO. The number of likely N-dealkylation sites (N-methyl/N-ethyl adjacent to an activating group) is 1. The highest BCUT2D eigenvalue weighted by Crippen LogP contribution is 2.27. The second-order valence-electron chi connectivity index (χ2n) is 3.23. The molecule has 1 unspecified atom stereocenters. The molecule has 1 N–H and O–H groups in total. The van der Waals surface area contributed by atoms with E-state index in [1.807, 2.05) is 12.1 Å². The topological polar surface area (TPSA) is 21.3 Å². The molecule has 1 rings (SSSR count). The first-order chi connectivity index (χ1) is 7.19. The Kier molecular flexibility index (Phi) is 5.82. The van der Waals surface area contributed by atoms with Gasteiger partial charge in [0, 0.05) is 16.1 Å². The summed E-state index contributed by atoms with van der Waals surface area (Å²) in [6.45, 7) is 3.68. The van der Waals surface area contributed by atoms with Crippen LogP contribution in [0.3, 0.4) is 0 Å². The minimum Gasteiger partial charge on any atom is -0.383 e. The van der Waals surface area contributed by atoms with Gasteiger partial charge in [-0.3, -0.25) is 0 Å². The van der Waals surface area contributed by atoms with Crippen molar-refractivity contribution in [1.29, 1.82) is 0 Å². The number of hydrogen-bond donors (Lipinski definition) is 1. The molecule has 0 heterocycles. The van der Waals surface area contributed by atoms with Gasteiger partial charge >= 0.3 is 0 Å². The first-order valence-corrected chi connectivity index (χ1v) is 6.45. The number of benzene rings is 1. The van der Waals surface area contributed by atoms with Gasteiger partial charge in [-0.15, -0.1) is 0 Å². The maximum Gasteiger partial charge on any atom is 0.0658 e. The third-order valence-electron chi connectivity index (χ3n) is 2.12. The predicted octanol–water partition coefficient (Wildman–Crippen LogP) is 3.51. The smallest absolute Gasteiger partial charge is 0.0658 e. The van der Waals surface area contributed by atoms with E-state index in [9.17, 15) is 0 Å². The van der Waals surface area contributed by atoms with Gasteiger partial charge in [-0.25, -0.2) is 0 Å². The van der Waals surface area contributed by atoms with Crippen LogP contribution in [0.2, 0.25) is 0 Å². The van der Waals surface area contributed by atoms with Crippen molar-refractivity contribution in [2.45, 2.75) is 13.0 Å². The van der Waals surface area contributed by atoms with E-state index in [4.69, 9.17) is 4.74 Å². The molecule has 0 bridgehead atoms. The summed E-state index contributed by atoms with van der Waals surface area (Å²) < 4.78 is 7.40. The molecule has 0 amide bonds. The summed E-state index contributed by atoms with van der Waals surface area (Å²) in [5, 5.41) is 3.39. The Hall–Kier alpha value is 0.1000. The Bertz CT molecular complexity index is 311. The molecule has 0 saturated heterocycles. The normalized spacial score (nSPS) is 12.8. The minimum atomic E-state index is 0.229. The van der Waals surface area contributed by atoms with Gasteiger partial charge in [-0.2, -0.15) is 0 Å². The number of methoxy groups -OCH3 is 1. The summed E-state index contributed by atoms with van der Waals surface area (Å²) in [6, 6.07) is 6.39. The highest BCUT2D eigenvalue weighted by Gasteiger charge is 2.13. The van der Waals surface area contributed by atoms with E-state index >= 15 is 0 Å². The minimum absolute atomic E-state index is 0.229. The van der Waals surface area contributed by atoms with Crippen LogP contribution in [-0.4, -0.2) is 20.3 Å². The first kappa shape index (κ1) is 13.2. The van der Waals surface area contributed by atoms with Crippen molar-refractivity contribution in [3.05, 3.63) is 32.7 Å². The van der Waals surface area contributed by atoms with Crippen LogP contribution in [0.1, 0.15) is 18.5 Å². The van der Waals surface area contributed by atoms with Crippen LogP contribution >= 0.6 is 31.9 Å². The third kappa shape index (κ3) is 3.87. The summed E-state index contributed by atoms with van der Waals surface area (Å²) in [4.78, 5) is 0. The van der Waals surface area contributed by atoms with Crippen molar-refractivity contribution in [3.8, 4) is 0 Å². The van der Waals surface area contributed by atoms with E-state index in [2.05, 4.69) is 50.2 Å². The van der Waals surface area contributed by atoms with Crippen LogP contribution in [0.5, 0.6) is 0 Å². The molecule has 15 heavy (non-hydrogen) atoms. The molecule has 0 aliphatic heterocycles. The lowest BCUT2D eigenvalue weighted by Gasteiger charge is -2.19. The Morgan fingerprint density at radius 1 is 1.40 bits per heavy atom. The molecule has 0 aromatic heterocycles. The van der Waals surface area contributed by atoms with Gasteiger partial charge in [0.2, 0.25) is 0 Å². The van der Waals surface area contributed by atoms with Gasteiger partial charge in [0.1, 0.15) is 0 Å². The lowest BCUT2D eigenvalue weighted by Crippen LogP contribution is -2.25. The Morgan fingerprint density at radius 2 is 2.13 bits per heavy atom. The van der Waals surface area contributed by atoms with E-state index in [0.29, 0.717) is 6.61 Å². The molecule has 0 saturated carbocycles. The molecule has 1 aromatic carbocycles. The molecule has 84 valence electrons. The molecule has 2 nitrogen and oxygen atoms in total. The lowest BCUT2D eigenvalue weighted by atomic mass is 10.1. The Morgan fingerprint density at radius 3 is 2.73 bits per heavy atom. The second-order valence-corrected chi connectivity index (χ2v) is 5.00. The molecule has 0 fully saturated rings. The zero-order valence-electron chi connectivity index (χ0n) is 8.89. The summed E-state index contributed by atoms with van der Waals surface area (Å²) >= 11 is 7.03. The molecule has 0 aliphatic carbocycles. The fraction of sp³-hybridized carbons (Fsp3) is 0.455. The van der Waals surface area contributed by atoms with E-state index in [1.165, 1.54) is 5.56 Å². The van der Waals surface area contributed by atoms with Crippen LogP contribution in [-0.2, 0) is 4.74 Å². The van der Waals surface area contributed by atoms with Crippen LogP contribution in [0.15, 0.2) is 27.1 Å². The van der Waals surface area contributed by atoms with Gasteiger partial charge in [0.05, 0.1) is 12.6 Å². The average Bonchev–Trinajstić information content (AvgIpc) is 2.21. The SMILES string of the molecule is CCNC(COC)c1cc(Br)ccc1Br. The second kappa shape index (κ2) is 6.63. The fourth-order valence-corrected chi connectivity index (χ4v) is 2.36. The zero-order valence-corrected chi connectivity index (χ0v) is 12.1. The summed E-state index contributed by atoms with van der Waals surface area (Å²) in [7, 11) is 1.72. The van der Waals surface area contributed by atoms with E-state index in [1.54, 1.807) is 7.11 Å². The van der Waals surface area contributed by atoms with Gasteiger partial charge < -0.3 is 10.1 Å². The standard InChI is InChI=1S/C11H15Br2NO/c1-3-14-11(7-15-2)9-6-8(12)4-5-10(9)13/h4-6,11,14H,3,7H2,1-2H3. The van der Waals surface area contributed by atoms with Crippen molar-refractivity contribution in [2.24, 2.45) is 0 Å². The van der Waals surface area contributed by atoms with Crippen molar-refractivity contribution in [3.63, 3.8) is 0 Å². The van der Waals surface area contributed by atoms with Crippen molar-refractivity contribution < 1.29 is 4.74 Å². The largest absolute Gasteiger partial charge is 0.383 e. The maximum atomic E-state index is 5.21. The molecule has 0 aliphatic rings. The summed E-state index contributed by atoms with van der Waals surface area (Å²) in [6.07, 6.45) is 0. The van der Waals surface area contributed by atoms with Gasteiger partial charge in [-0.05, 0) is 30.3 Å². The monoisotopic (exact) mass is 335 g/mol. The van der Waals surface area contributed by atoms with Gasteiger partial charge in [0.15, 0.2) is 0 Å². The molecule has 0 spiro atoms. The Labute approximate surface area is 108 Å². The molecule has 1 aromatic rings. The van der Waals surface area contributed by atoms with Crippen LogP contribution in [0, 0.1) is 0 Å². The zero-order chi connectivity index (χ0) is 11.3. The number of nitrogens with one attached hydrogen (secondary N) is 1. The highest BCUT2D eigenvalue weighted by molar-refractivity contribution is 9.11. The lowest BCUT2D eigenvalue weighted by molar-refractivity contribution is 0.167. The number of ether oxygens (including phenoxy) is 1. The van der Waals surface area contributed by atoms with Crippen LogP contribution in [0.4, 0.5) is 0 Å². The number of hydrogen-bond acceptors (Lipinski definition) is 2. The fourth-order valence-electron chi connectivity index (χ4n) is 1.45. The van der Waals surface area contributed by atoms with Crippen LogP contribution in [0.25, 0.3) is 0 Å². The average molecular weight is 337 g/mol. The Balaban J connectivity index is 2.93. The number of rotatable bonds is 5. The van der Waals surface area contributed by atoms with Crippen molar-refractivity contribution in [1.82, 2.24) is 5.32 Å². The summed E-state index contributed by atoms with van der Waals surface area (Å²) in [5.41, 5.74) is 1.22. The molecule has 1 atom stereocenters. The molecule has 4 heteroatoms. The van der Waals surface area contributed by atoms with Gasteiger partial charge in [0.25, 0.3) is 0 Å². The number of halogens is 2. The van der Waals surface area contributed by atoms with Crippen molar-refractivity contribution in [2.75, 3.05) is 20.3 Å². The van der Waals surface area contributed by atoms with E-state index < -0.39 is 0 Å². The van der Waals surface area contributed by atoms with Crippen molar-refractivity contribution >= 4 is 31.9 Å². The van der Waals surface area contributed by atoms with E-state index in [0.717, 1.165) is 15.5 Å².